The normalized spacial score (nSPS) is 16.2. The Bertz CT molecular complexity index is 794. The minimum absolute atomic E-state index is 0.264. The van der Waals surface area contributed by atoms with Crippen LogP contribution in [0.15, 0.2) is 48.5 Å². The summed E-state index contributed by atoms with van der Waals surface area (Å²) in [4.78, 5) is 4.55. The lowest BCUT2D eigenvalue weighted by atomic mass is 9.99. The van der Waals surface area contributed by atoms with Crippen molar-refractivity contribution in [2.75, 3.05) is 53.6 Å². The van der Waals surface area contributed by atoms with Crippen LogP contribution in [0.5, 0.6) is 17.2 Å². The molecule has 0 radical (unpaired) electrons. The summed E-state index contributed by atoms with van der Waals surface area (Å²) in [7, 11) is 3.66. The summed E-state index contributed by atoms with van der Waals surface area (Å²) in [5, 5.41) is 10.3. The molecule has 0 amide bonds. The van der Waals surface area contributed by atoms with Crippen molar-refractivity contribution in [2.45, 2.75) is 32.4 Å². The van der Waals surface area contributed by atoms with Gasteiger partial charge in [-0.3, -0.25) is 9.80 Å². The fraction of sp³-hybridized carbons (Fsp3) is 0.538. The van der Waals surface area contributed by atoms with E-state index in [4.69, 9.17) is 14.2 Å². The van der Waals surface area contributed by atoms with Gasteiger partial charge in [-0.2, -0.15) is 0 Å². The Labute approximate surface area is 192 Å². The summed E-state index contributed by atoms with van der Waals surface area (Å²) in [6.07, 6.45) is 1.99. The first-order valence-electron chi connectivity index (χ1n) is 11.6. The van der Waals surface area contributed by atoms with E-state index in [0.717, 1.165) is 48.4 Å². The van der Waals surface area contributed by atoms with E-state index < -0.39 is 6.10 Å². The molecule has 0 spiro atoms. The molecule has 1 saturated heterocycles. The molecule has 6 nitrogen and oxygen atoms in total. The molecule has 2 aromatic rings. The second kappa shape index (κ2) is 12.7. The van der Waals surface area contributed by atoms with E-state index >= 15 is 0 Å². The van der Waals surface area contributed by atoms with Crippen molar-refractivity contribution in [1.82, 2.24) is 9.80 Å². The molecule has 3 rings (SSSR count). The van der Waals surface area contributed by atoms with Crippen LogP contribution in [0, 0.1) is 5.92 Å². The van der Waals surface area contributed by atoms with Gasteiger partial charge in [0.15, 0.2) is 11.5 Å². The van der Waals surface area contributed by atoms with Gasteiger partial charge >= 0.3 is 0 Å². The largest absolute Gasteiger partial charge is 0.493 e. The van der Waals surface area contributed by atoms with E-state index in [9.17, 15) is 5.11 Å². The molecule has 0 aromatic heterocycles. The molecule has 0 bridgehead atoms. The zero-order valence-corrected chi connectivity index (χ0v) is 19.7. The monoisotopic (exact) mass is 442 g/mol. The van der Waals surface area contributed by atoms with E-state index in [1.807, 2.05) is 49.5 Å². The Balaban J connectivity index is 1.42. The lowest BCUT2D eigenvalue weighted by molar-refractivity contribution is 0.0743. The lowest BCUT2D eigenvalue weighted by Crippen LogP contribution is -2.35. The van der Waals surface area contributed by atoms with Gasteiger partial charge in [-0.25, -0.2) is 0 Å². The smallest absolute Gasteiger partial charge is 0.161 e. The van der Waals surface area contributed by atoms with Crippen molar-refractivity contribution < 1.29 is 19.3 Å². The van der Waals surface area contributed by atoms with Crippen molar-refractivity contribution in [1.29, 1.82) is 0 Å². The van der Waals surface area contributed by atoms with Crippen LogP contribution in [0.4, 0.5) is 0 Å². The second-order valence-corrected chi connectivity index (χ2v) is 8.83. The Hall–Kier alpha value is -2.28. The van der Waals surface area contributed by atoms with Gasteiger partial charge in [-0.15, -0.1) is 0 Å². The summed E-state index contributed by atoms with van der Waals surface area (Å²) in [6, 6.07) is 15.6. The number of para-hydroxylation sites is 1. The van der Waals surface area contributed by atoms with Crippen LogP contribution in [0.1, 0.15) is 25.3 Å². The van der Waals surface area contributed by atoms with Crippen LogP contribution in [-0.4, -0.2) is 74.6 Å². The molecule has 1 N–H and O–H groups in total. The highest BCUT2D eigenvalue weighted by molar-refractivity contribution is 5.43. The molecule has 32 heavy (non-hydrogen) atoms. The SMILES string of the molecule is COc1cc(CN(C)C[C@@H](O)COc2ccccc2)ccc1OCCN1CCC(C)CC1. The maximum Gasteiger partial charge on any atom is 0.161 e. The summed E-state index contributed by atoms with van der Waals surface area (Å²) >= 11 is 0. The van der Waals surface area contributed by atoms with Gasteiger partial charge in [0, 0.05) is 19.6 Å². The van der Waals surface area contributed by atoms with Crippen LogP contribution in [0.2, 0.25) is 0 Å². The number of nitrogens with zero attached hydrogens (tertiary/aromatic N) is 2. The number of hydrogen-bond donors (Lipinski definition) is 1. The van der Waals surface area contributed by atoms with Gasteiger partial charge in [-0.05, 0) is 68.7 Å². The summed E-state index contributed by atoms with van der Waals surface area (Å²) < 4.78 is 17.2. The minimum atomic E-state index is -0.567. The third kappa shape index (κ3) is 8.01. The van der Waals surface area contributed by atoms with Gasteiger partial charge in [0.2, 0.25) is 0 Å². The number of hydrogen-bond acceptors (Lipinski definition) is 6. The van der Waals surface area contributed by atoms with Gasteiger partial charge in [0.05, 0.1) is 7.11 Å². The molecule has 1 aliphatic rings. The van der Waals surface area contributed by atoms with E-state index in [2.05, 4.69) is 22.8 Å². The summed E-state index contributed by atoms with van der Waals surface area (Å²) in [5.74, 6) is 3.14. The zero-order valence-electron chi connectivity index (χ0n) is 19.7. The maximum atomic E-state index is 10.3. The molecule has 0 unspecified atom stereocenters. The van der Waals surface area contributed by atoms with Crippen molar-refractivity contribution >= 4 is 0 Å². The van der Waals surface area contributed by atoms with Gasteiger partial charge in [0.1, 0.15) is 25.1 Å². The molecule has 1 atom stereocenters. The highest BCUT2D eigenvalue weighted by Crippen LogP contribution is 2.28. The number of aliphatic hydroxyl groups is 1. The quantitative estimate of drug-likeness (QED) is 0.541. The Morgan fingerprint density at radius 2 is 1.81 bits per heavy atom. The van der Waals surface area contributed by atoms with Crippen LogP contribution >= 0.6 is 0 Å². The molecule has 0 saturated carbocycles. The van der Waals surface area contributed by atoms with Crippen molar-refractivity contribution in [3.8, 4) is 17.2 Å². The summed E-state index contributed by atoms with van der Waals surface area (Å²) in [5.41, 5.74) is 1.11. The minimum Gasteiger partial charge on any atom is -0.493 e. The standard InChI is InChI=1S/C26H38N2O4/c1-21-11-13-28(14-12-21)15-16-31-25-10-9-22(17-26(25)30-3)18-27(2)19-23(29)20-32-24-7-5-4-6-8-24/h4-10,17,21,23,29H,11-16,18-20H2,1-3H3/t23-/m1/s1. The predicted octanol–water partition coefficient (Wildman–Crippen LogP) is 3.68. The van der Waals surface area contributed by atoms with Crippen LogP contribution in [-0.2, 0) is 6.54 Å². The number of methoxy groups -OCH3 is 1. The van der Waals surface area contributed by atoms with Crippen molar-refractivity contribution in [3.63, 3.8) is 0 Å². The highest BCUT2D eigenvalue weighted by Gasteiger charge is 2.16. The van der Waals surface area contributed by atoms with Crippen LogP contribution < -0.4 is 14.2 Å². The molecular formula is C26H38N2O4. The topological polar surface area (TPSA) is 54.4 Å². The molecule has 1 heterocycles. The number of aliphatic hydroxyl groups excluding tert-OH is 1. The first-order valence-corrected chi connectivity index (χ1v) is 11.6. The van der Waals surface area contributed by atoms with E-state index in [1.54, 1.807) is 7.11 Å². The van der Waals surface area contributed by atoms with Gasteiger partial charge in [-0.1, -0.05) is 31.2 Å². The Morgan fingerprint density at radius 1 is 1.06 bits per heavy atom. The molecule has 1 aliphatic heterocycles. The van der Waals surface area contributed by atoms with E-state index in [-0.39, 0.29) is 6.61 Å². The first kappa shape index (κ1) is 24.4. The van der Waals surface area contributed by atoms with E-state index in [0.29, 0.717) is 19.7 Å². The summed E-state index contributed by atoms with van der Waals surface area (Å²) in [6.45, 7) is 7.75. The highest BCUT2D eigenvalue weighted by atomic mass is 16.5. The third-order valence-electron chi connectivity index (χ3n) is 5.93. The number of likely N-dealkylation sites (tertiary alicyclic amines) is 1. The average molecular weight is 443 g/mol. The van der Waals surface area contributed by atoms with Gasteiger partial charge in [0.25, 0.3) is 0 Å². The molecule has 1 fully saturated rings. The van der Waals surface area contributed by atoms with Crippen molar-refractivity contribution in [3.05, 3.63) is 54.1 Å². The fourth-order valence-corrected chi connectivity index (χ4v) is 4.00. The molecule has 2 aromatic carbocycles. The average Bonchev–Trinajstić information content (AvgIpc) is 2.80. The van der Waals surface area contributed by atoms with E-state index in [1.165, 1.54) is 12.8 Å². The second-order valence-electron chi connectivity index (χ2n) is 8.83. The maximum absolute atomic E-state index is 10.3. The Kier molecular flexibility index (Phi) is 9.65. The fourth-order valence-electron chi connectivity index (χ4n) is 4.00. The number of likely N-dealkylation sites (N-methyl/N-ethyl adjacent to an activating group) is 1. The van der Waals surface area contributed by atoms with Gasteiger partial charge < -0.3 is 19.3 Å². The molecule has 6 heteroatoms. The van der Waals surface area contributed by atoms with Crippen LogP contribution in [0.25, 0.3) is 0 Å². The molecule has 176 valence electrons. The lowest BCUT2D eigenvalue weighted by Gasteiger charge is -2.30. The molecule has 0 aliphatic carbocycles. The van der Waals surface area contributed by atoms with Crippen molar-refractivity contribution in [2.24, 2.45) is 5.92 Å². The Morgan fingerprint density at radius 3 is 2.53 bits per heavy atom. The number of benzene rings is 2. The molecular weight excluding hydrogens is 404 g/mol. The number of rotatable bonds is 12. The first-order chi connectivity index (χ1) is 15.5. The van der Waals surface area contributed by atoms with Crippen LogP contribution in [0.3, 0.4) is 0 Å². The predicted molar refractivity (Wildman–Crippen MR) is 128 cm³/mol. The zero-order chi connectivity index (χ0) is 22.8. The number of piperidine rings is 1. The third-order valence-corrected chi connectivity index (χ3v) is 5.93. The number of ether oxygens (including phenoxy) is 3.